The van der Waals surface area contributed by atoms with Crippen LogP contribution in [0.5, 0.6) is 0 Å². The normalized spacial score (nSPS) is 25.7. The molecule has 23 heavy (non-hydrogen) atoms. The Morgan fingerprint density at radius 2 is 2.04 bits per heavy atom. The second kappa shape index (κ2) is 8.29. The summed E-state index contributed by atoms with van der Waals surface area (Å²) >= 11 is 0. The number of aryl methyl sites for hydroxylation is 1. The molecule has 1 N–H and O–H groups in total. The molecule has 1 heterocycles. The highest BCUT2D eigenvalue weighted by molar-refractivity contribution is 8.29. The van der Waals surface area contributed by atoms with E-state index >= 15 is 0 Å². The van der Waals surface area contributed by atoms with Crippen molar-refractivity contribution < 1.29 is 14.0 Å². The third-order valence-corrected chi connectivity index (χ3v) is 5.48. The average Bonchev–Trinajstić information content (AvgIpc) is 2.54. The van der Waals surface area contributed by atoms with Crippen molar-refractivity contribution in [3.8, 4) is 0 Å². The Labute approximate surface area is 141 Å². The molecule has 0 amide bonds. The summed E-state index contributed by atoms with van der Waals surface area (Å²) in [4.78, 5) is 0.649. The third-order valence-electron chi connectivity index (χ3n) is 4.07. The summed E-state index contributed by atoms with van der Waals surface area (Å²) in [6, 6.07) is 7.49. The van der Waals surface area contributed by atoms with Gasteiger partial charge in [0.05, 0.1) is 12.4 Å². The fraction of sp³-hybridized carbons (Fsp3) is 0.556. The van der Waals surface area contributed by atoms with E-state index in [1.54, 1.807) is 6.21 Å². The summed E-state index contributed by atoms with van der Waals surface area (Å²) < 4.78 is 26.2. The van der Waals surface area contributed by atoms with Crippen LogP contribution in [-0.4, -0.2) is 29.8 Å². The topological polar surface area (TPSA) is 51.1 Å². The molecular formula is C18H27NO3S. The van der Waals surface area contributed by atoms with Crippen molar-refractivity contribution in [1.82, 2.24) is 0 Å². The lowest BCUT2D eigenvalue weighted by molar-refractivity contribution is -0.188. The molecule has 2 unspecified atom stereocenters. The molecule has 4 atom stereocenters. The van der Waals surface area contributed by atoms with Crippen LogP contribution in [0.15, 0.2) is 33.6 Å². The Kier molecular flexibility index (Phi) is 6.65. The molecule has 0 aliphatic carbocycles. The van der Waals surface area contributed by atoms with Crippen LogP contribution in [0.25, 0.3) is 0 Å². The first-order chi connectivity index (χ1) is 10.9. The lowest BCUT2D eigenvalue weighted by atomic mass is 10.1. The summed E-state index contributed by atoms with van der Waals surface area (Å²) in [7, 11) is -2.66. The molecule has 1 saturated heterocycles. The van der Waals surface area contributed by atoms with Gasteiger partial charge in [-0.15, -0.1) is 0 Å². The highest BCUT2D eigenvalue weighted by Gasteiger charge is 2.21. The second-order valence-corrected chi connectivity index (χ2v) is 8.02. The molecule has 0 saturated carbocycles. The fourth-order valence-corrected chi connectivity index (χ4v) is 3.33. The Morgan fingerprint density at radius 1 is 1.35 bits per heavy atom. The fourth-order valence-electron chi connectivity index (χ4n) is 2.29. The smallest absolute Gasteiger partial charge is 0.157 e. The van der Waals surface area contributed by atoms with E-state index in [0.717, 1.165) is 31.4 Å². The van der Waals surface area contributed by atoms with Crippen LogP contribution in [0.4, 0.5) is 0 Å². The number of rotatable bonds is 6. The standard InChI is InChI=1S/C18H27NO3S/c1-14-8-10-17(11-9-14)23(4,20)19-13-15(2)16(3)22-18-7-5-6-12-21-18/h4,8-11,13,15-16,18,20H,5-7,12H2,1-3H3/t15-,16+,18?/m1/s1. The molecule has 2 rings (SSSR count). The summed E-state index contributed by atoms with van der Waals surface area (Å²) in [5.41, 5.74) is 1.12. The van der Waals surface area contributed by atoms with E-state index in [9.17, 15) is 4.55 Å². The van der Waals surface area contributed by atoms with Crippen LogP contribution >= 0.6 is 10.5 Å². The van der Waals surface area contributed by atoms with E-state index in [1.807, 2.05) is 45.0 Å². The number of hydrogen-bond donors (Lipinski definition) is 1. The first kappa shape index (κ1) is 18.5. The van der Waals surface area contributed by atoms with Crippen LogP contribution in [0.2, 0.25) is 0 Å². The van der Waals surface area contributed by atoms with Gasteiger partial charge in [0.15, 0.2) is 6.29 Å². The van der Waals surface area contributed by atoms with Crippen LogP contribution in [0.1, 0.15) is 38.7 Å². The summed E-state index contributed by atoms with van der Waals surface area (Å²) in [6.45, 7) is 6.75. The molecule has 5 heteroatoms. The van der Waals surface area contributed by atoms with Crippen LogP contribution in [0, 0.1) is 19.1 Å². The van der Waals surface area contributed by atoms with Crippen LogP contribution < -0.4 is 0 Å². The highest BCUT2D eigenvalue weighted by Crippen LogP contribution is 2.51. The maximum atomic E-state index is 10.4. The molecule has 1 aromatic rings. The van der Waals surface area contributed by atoms with E-state index in [0.29, 0.717) is 4.90 Å². The van der Waals surface area contributed by atoms with Gasteiger partial charge >= 0.3 is 0 Å². The van der Waals surface area contributed by atoms with E-state index in [2.05, 4.69) is 4.40 Å². The predicted molar refractivity (Wildman–Crippen MR) is 95.8 cm³/mol. The van der Waals surface area contributed by atoms with Crippen molar-refractivity contribution in [2.45, 2.75) is 57.3 Å². The van der Waals surface area contributed by atoms with Gasteiger partial charge in [-0.1, -0.05) is 24.6 Å². The first-order valence-corrected chi connectivity index (χ1v) is 9.72. The molecule has 1 aliphatic heterocycles. The van der Waals surface area contributed by atoms with E-state index < -0.39 is 10.5 Å². The summed E-state index contributed by atoms with van der Waals surface area (Å²) in [6.07, 6.45) is 10.7. The van der Waals surface area contributed by atoms with Gasteiger partial charge in [0.25, 0.3) is 0 Å². The highest BCUT2D eigenvalue weighted by atomic mass is 32.3. The Bertz CT molecular complexity index is 510. The van der Waals surface area contributed by atoms with Crippen molar-refractivity contribution in [1.29, 1.82) is 0 Å². The molecule has 2 radical (unpaired) electrons. The first-order valence-electron chi connectivity index (χ1n) is 8.11. The van der Waals surface area contributed by atoms with Gasteiger partial charge in [-0.05, 0) is 55.7 Å². The van der Waals surface area contributed by atoms with Crippen LogP contribution in [-0.2, 0) is 9.47 Å². The lowest BCUT2D eigenvalue weighted by Gasteiger charge is -2.28. The Balaban J connectivity index is 1.92. The second-order valence-electron chi connectivity index (χ2n) is 6.16. The molecular weight excluding hydrogens is 310 g/mol. The minimum Gasteiger partial charge on any atom is -0.353 e. The third kappa shape index (κ3) is 5.60. The number of ether oxygens (including phenoxy) is 2. The molecule has 1 aromatic carbocycles. The molecule has 128 valence electrons. The van der Waals surface area contributed by atoms with E-state index in [4.69, 9.17) is 15.7 Å². The van der Waals surface area contributed by atoms with Crippen molar-refractivity contribution in [2.24, 2.45) is 10.3 Å². The van der Waals surface area contributed by atoms with Gasteiger partial charge in [-0.25, -0.2) is 4.40 Å². The van der Waals surface area contributed by atoms with Crippen molar-refractivity contribution >= 4 is 16.7 Å². The zero-order valence-electron chi connectivity index (χ0n) is 14.1. The molecule has 1 aliphatic rings. The SMILES string of the molecule is [CH]S(O)(N=C[C@@H](C)[C@H](C)OC1CCCCO1)c1ccc(C)cc1. The monoisotopic (exact) mass is 337 g/mol. The van der Waals surface area contributed by atoms with E-state index in [-0.39, 0.29) is 18.3 Å². The Morgan fingerprint density at radius 3 is 2.65 bits per heavy atom. The Hall–Kier alpha value is -0.880. The van der Waals surface area contributed by atoms with Gasteiger partial charge in [0, 0.05) is 23.6 Å². The van der Waals surface area contributed by atoms with Gasteiger partial charge in [-0.2, -0.15) is 0 Å². The maximum absolute atomic E-state index is 10.4. The van der Waals surface area contributed by atoms with Crippen LogP contribution in [0.3, 0.4) is 0 Å². The minimum absolute atomic E-state index is 0.0357. The number of nitrogens with zero attached hydrogens (tertiary/aromatic N) is 1. The predicted octanol–water partition coefficient (Wildman–Crippen LogP) is 4.85. The van der Waals surface area contributed by atoms with Crippen molar-refractivity contribution in [3.63, 3.8) is 0 Å². The summed E-state index contributed by atoms with van der Waals surface area (Å²) in [5.74, 6) is 0.0357. The molecule has 0 aromatic heterocycles. The summed E-state index contributed by atoms with van der Waals surface area (Å²) in [5, 5.41) is 0. The average molecular weight is 337 g/mol. The number of benzene rings is 1. The molecule has 0 spiro atoms. The number of hydrogen-bond acceptors (Lipinski definition) is 4. The van der Waals surface area contributed by atoms with Gasteiger partial charge in [-0.3, -0.25) is 0 Å². The van der Waals surface area contributed by atoms with Gasteiger partial charge in [0.2, 0.25) is 0 Å². The van der Waals surface area contributed by atoms with E-state index in [1.165, 1.54) is 0 Å². The van der Waals surface area contributed by atoms with Crippen molar-refractivity contribution in [2.75, 3.05) is 6.61 Å². The molecule has 4 nitrogen and oxygen atoms in total. The zero-order valence-corrected chi connectivity index (χ0v) is 15.0. The molecule has 1 fully saturated rings. The van der Waals surface area contributed by atoms with Gasteiger partial charge in [0.1, 0.15) is 0 Å². The minimum atomic E-state index is -2.66. The maximum Gasteiger partial charge on any atom is 0.157 e. The quantitative estimate of drug-likeness (QED) is 0.755. The largest absolute Gasteiger partial charge is 0.353 e. The van der Waals surface area contributed by atoms with Gasteiger partial charge < -0.3 is 14.0 Å². The molecule has 0 bridgehead atoms. The van der Waals surface area contributed by atoms with Crippen molar-refractivity contribution in [3.05, 3.63) is 36.1 Å². The lowest BCUT2D eigenvalue weighted by Crippen LogP contribution is -2.30. The zero-order chi connectivity index (χ0) is 16.9.